The number of nitrogens with zero attached hydrogens (tertiary/aromatic N) is 3. The molecule has 0 aliphatic carbocycles. The van der Waals surface area contributed by atoms with Gasteiger partial charge in [0, 0.05) is 12.3 Å². The van der Waals surface area contributed by atoms with Gasteiger partial charge < -0.3 is 15.0 Å². The van der Waals surface area contributed by atoms with Crippen molar-refractivity contribution in [1.82, 2.24) is 4.57 Å². The molecule has 0 atom stereocenters. The number of anilines is 1. The van der Waals surface area contributed by atoms with Gasteiger partial charge in [-0.2, -0.15) is 5.26 Å². The number of rotatable bonds is 3. The van der Waals surface area contributed by atoms with Crippen LogP contribution in [0.3, 0.4) is 0 Å². The van der Waals surface area contributed by atoms with Gasteiger partial charge in [-0.1, -0.05) is 0 Å². The van der Waals surface area contributed by atoms with Crippen LogP contribution in [0.2, 0.25) is 0 Å². The summed E-state index contributed by atoms with van der Waals surface area (Å²) in [6.07, 6.45) is 1.10. The molecule has 0 unspecified atom stereocenters. The Morgan fingerprint density at radius 1 is 1.54 bits per heavy atom. The molecule has 1 aromatic carbocycles. The summed E-state index contributed by atoms with van der Waals surface area (Å²) in [4.78, 5) is 22.6. The SMILES string of the molecule is COC(=O)c1c(N)c(C#N)cn1-c1c([N+](=O)[O-])cc(Br)c(F)c1Br. The van der Waals surface area contributed by atoms with Crippen LogP contribution in [-0.2, 0) is 4.74 Å². The third-order valence-corrected chi connectivity index (χ3v) is 4.40. The topological polar surface area (TPSA) is 124 Å². The predicted molar refractivity (Wildman–Crippen MR) is 88.2 cm³/mol. The van der Waals surface area contributed by atoms with E-state index in [1.807, 2.05) is 0 Å². The highest BCUT2D eigenvalue weighted by Crippen LogP contribution is 2.39. The molecule has 0 spiro atoms. The van der Waals surface area contributed by atoms with Crippen LogP contribution in [0.15, 0.2) is 21.2 Å². The third-order valence-electron chi connectivity index (χ3n) is 3.10. The molecule has 0 saturated carbocycles. The first-order valence-corrected chi connectivity index (χ1v) is 7.64. The number of carbonyl (C=O) groups excluding carboxylic acids is 1. The number of nitro groups is 1. The molecule has 124 valence electrons. The fourth-order valence-corrected chi connectivity index (χ4v) is 3.32. The second kappa shape index (κ2) is 6.58. The van der Waals surface area contributed by atoms with E-state index in [9.17, 15) is 19.3 Å². The second-order valence-corrected chi connectivity index (χ2v) is 6.04. The molecule has 2 aromatic rings. The molecule has 0 fully saturated rings. The Bertz CT molecular complexity index is 920. The lowest BCUT2D eigenvalue weighted by atomic mass is 10.2. The molecule has 11 heteroatoms. The van der Waals surface area contributed by atoms with E-state index in [0.717, 1.165) is 23.9 Å². The smallest absolute Gasteiger partial charge is 0.357 e. The van der Waals surface area contributed by atoms with Crippen LogP contribution in [0, 0.1) is 27.3 Å². The van der Waals surface area contributed by atoms with E-state index in [1.54, 1.807) is 6.07 Å². The van der Waals surface area contributed by atoms with Gasteiger partial charge in [0.15, 0.2) is 11.5 Å². The van der Waals surface area contributed by atoms with Crippen molar-refractivity contribution in [1.29, 1.82) is 5.26 Å². The Morgan fingerprint density at radius 3 is 2.67 bits per heavy atom. The molecule has 0 aliphatic rings. The molecule has 24 heavy (non-hydrogen) atoms. The Hall–Kier alpha value is -2.45. The summed E-state index contributed by atoms with van der Waals surface area (Å²) in [5.41, 5.74) is 4.27. The first-order chi connectivity index (χ1) is 11.2. The van der Waals surface area contributed by atoms with Gasteiger partial charge >= 0.3 is 5.97 Å². The molecule has 2 N–H and O–H groups in total. The van der Waals surface area contributed by atoms with Crippen molar-refractivity contribution in [2.45, 2.75) is 0 Å². The summed E-state index contributed by atoms with van der Waals surface area (Å²) in [7, 11) is 1.08. The lowest BCUT2D eigenvalue weighted by molar-refractivity contribution is -0.384. The molecule has 1 heterocycles. The zero-order valence-electron chi connectivity index (χ0n) is 11.8. The second-order valence-electron chi connectivity index (χ2n) is 4.39. The standard InChI is InChI=1S/C13H7Br2FN4O4/c1-24-13(21)12-10(18)5(3-17)4-19(12)11-7(20(22)23)2-6(14)9(16)8(11)15/h2,4H,18H2,1H3. The molecular formula is C13H7Br2FN4O4. The first-order valence-electron chi connectivity index (χ1n) is 6.06. The zero-order chi connectivity index (χ0) is 18.2. The van der Waals surface area contributed by atoms with Crippen molar-refractivity contribution in [2.24, 2.45) is 0 Å². The predicted octanol–water partition coefficient (Wildman–Crippen LogP) is 3.29. The van der Waals surface area contributed by atoms with Crippen molar-refractivity contribution >= 4 is 49.2 Å². The minimum absolute atomic E-state index is 0.111. The molecule has 2 rings (SSSR count). The summed E-state index contributed by atoms with van der Waals surface area (Å²) in [5, 5.41) is 20.4. The van der Waals surface area contributed by atoms with Gasteiger partial charge in [-0.3, -0.25) is 10.1 Å². The molecule has 1 aromatic heterocycles. The summed E-state index contributed by atoms with van der Waals surface area (Å²) in [6.45, 7) is 0. The minimum Gasteiger partial charge on any atom is -0.464 e. The highest BCUT2D eigenvalue weighted by Gasteiger charge is 2.30. The maximum absolute atomic E-state index is 14.2. The van der Waals surface area contributed by atoms with Crippen LogP contribution in [-0.4, -0.2) is 22.6 Å². The van der Waals surface area contributed by atoms with Crippen molar-refractivity contribution in [3.8, 4) is 11.8 Å². The van der Waals surface area contributed by atoms with Crippen LogP contribution < -0.4 is 5.73 Å². The average Bonchev–Trinajstić information content (AvgIpc) is 2.87. The van der Waals surface area contributed by atoms with E-state index in [2.05, 4.69) is 36.6 Å². The zero-order valence-corrected chi connectivity index (χ0v) is 15.0. The third kappa shape index (κ3) is 2.74. The Labute approximate surface area is 151 Å². The number of nitrogen functional groups attached to an aromatic ring is 1. The first kappa shape index (κ1) is 17.9. The number of benzene rings is 1. The number of esters is 1. The molecule has 0 bridgehead atoms. The van der Waals surface area contributed by atoms with Gasteiger partial charge in [0.1, 0.15) is 11.8 Å². The van der Waals surface area contributed by atoms with Gasteiger partial charge in [-0.05, 0) is 31.9 Å². The van der Waals surface area contributed by atoms with E-state index in [4.69, 9.17) is 11.0 Å². The van der Waals surface area contributed by atoms with Gasteiger partial charge in [0.05, 0.1) is 32.2 Å². The highest BCUT2D eigenvalue weighted by molar-refractivity contribution is 9.11. The number of methoxy groups -OCH3 is 1. The summed E-state index contributed by atoms with van der Waals surface area (Å²) in [5.74, 6) is -1.75. The van der Waals surface area contributed by atoms with E-state index in [0.29, 0.717) is 0 Å². The molecule has 0 saturated heterocycles. The van der Waals surface area contributed by atoms with Gasteiger partial charge in [-0.15, -0.1) is 0 Å². The normalized spacial score (nSPS) is 10.3. The average molecular weight is 462 g/mol. The van der Waals surface area contributed by atoms with Crippen LogP contribution >= 0.6 is 31.9 Å². The van der Waals surface area contributed by atoms with E-state index < -0.39 is 22.4 Å². The number of ether oxygens (including phenoxy) is 1. The van der Waals surface area contributed by atoms with E-state index >= 15 is 0 Å². The number of nitro benzene ring substituents is 1. The Balaban J connectivity index is 2.97. The highest BCUT2D eigenvalue weighted by atomic mass is 79.9. The number of nitrogens with two attached hydrogens (primary N) is 1. The van der Waals surface area contributed by atoms with Gasteiger partial charge in [-0.25, -0.2) is 9.18 Å². The quantitative estimate of drug-likeness (QED) is 0.323. The summed E-state index contributed by atoms with van der Waals surface area (Å²) >= 11 is 5.82. The maximum Gasteiger partial charge on any atom is 0.357 e. The number of carbonyl (C=O) groups is 1. The summed E-state index contributed by atoms with van der Waals surface area (Å²) < 4.78 is 19.3. The van der Waals surface area contributed by atoms with Crippen molar-refractivity contribution in [3.05, 3.63) is 48.4 Å². The largest absolute Gasteiger partial charge is 0.464 e. The van der Waals surface area contributed by atoms with E-state index in [1.165, 1.54) is 0 Å². The van der Waals surface area contributed by atoms with Crippen LogP contribution in [0.1, 0.15) is 16.1 Å². The van der Waals surface area contributed by atoms with Crippen LogP contribution in [0.25, 0.3) is 5.69 Å². The van der Waals surface area contributed by atoms with Crippen molar-refractivity contribution < 1.29 is 18.8 Å². The number of hydrogen-bond acceptors (Lipinski definition) is 6. The number of nitriles is 1. The molecule has 0 amide bonds. The monoisotopic (exact) mass is 460 g/mol. The lowest BCUT2D eigenvalue weighted by Gasteiger charge is -2.12. The fourth-order valence-electron chi connectivity index (χ4n) is 2.03. The molecule has 0 aliphatic heterocycles. The van der Waals surface area contributed by atoms with Crippen molar-refractivity contribution in [3.63, 3.8) is 0 Å². The van der Waals surface area contributed by atoms with Gasteiger partial charge in [0.2, 0.25) is 0 Å². The summed E-state index contributed by atoms with van der Waals surface area (Å²) in [6, 6.07) is 2.70. The number of hydrogen-bond donors (Lipinski definition) is 1. The van der Waals surface area contributed by atoms with Crippen molar-refractivity contribution in [2.75, 3.05) is 12.8 Å². The Morgan fingerprint density at radius 2 is 2.17 bits per heavy atom. The lowest BCUT2D eigenvalue weighted by Crippen LogP contribution is -2.13. The van der Waals surface area contributed by atoms with E-state index in [-0.39, 0.29) is 31.6 Å². The molecule has 0 radical (unpaired) electrons. The molecule has 8 nitrogen and oxygen atoms in total. The molecular weight excluding hydrogens is 455 g/mol. The maximum atomic E-state index is 14.2. The minimum atomic E-state index is -0.932. The van der Waals surface area contributed by atoms with Crippen LogP contribution in [0.4, 0.5) is 15.8 Å². The number of halogens is 3. The van der Waals surface area contributed by atoms with Crippen LogP contribution in [0.5, 0.6) is 0 Å². The van der Waals surface area contributed by atoms with Gasteiger partial charge in [0.25, 0.3) is 5.69 Å². The number of aromatic nitrogens is 1. The fraction of sp³-hybridized carbons (Fsp3) is 0.0769. The Kier molecular flexibility index (Phi) is 4.91.